The number of fused-ring (bicyclic) bond motifs is 4. The standard InChI is InChI=1S/C38H52F6N2O9/c1-21-5-7-27-23(29(37(39,40)41)48-31-35(27)25(21)9-11-33(3,50-31)52-54-35)19-46-15-13-45(14-16-46)17-18-47-20-24-28-8-6-22(2)26-10-12-34(4)51-32(36(26,28)55-53-34)49-30(24)38(42,43)44/h21-22,25-28,31-32H,5-20H2,1-4H3/t21-,22-,25+,26+,27+,28+,31-,32-,33?,34?,35-,36-/m1/s1. The number of rotatable bonds is 7. The van der Waals surface area contributed by atoms with Gasteiger partial charge in [-0.2, -0.15) is 26.3 Å². The lowest BCUT2D eigenvalue weighted by molar-refractivity contribution is -0.558. The van der Waals surface area contributed by atoms with Gasteiger partial charge in [0.05, 0.1) is 13.2 Å². The summed E-state index contributed by atoms with van der Waals surface area (Å²) in [5, 5.41) is 0. The second-order valence-corrected chi connectivity index (χ2v) is 17.8. The molecule has 11 nitrogen and oxygen atoms in total. The topological polar surface area (TPSA) is 89.6 Å². The Balaban J connectivity index is 0.856. The van der Waals surface area contributed by atoms with Crippen molar-refractivity contribution >= 4 is 0 Å². The Kier molecular flexibility index (Phi) is 9.46. The molecule has 11 aliphatic rings. The molecule has 310 valence electrons. The molecule has 0 amide bonds. The van der Waals surface area contributed by atoms with Crippen LogP contribution in [-0.2, 0) is 43.2 Å². The van der Waals surface area contributed by atoms with E-state index in [-0.39, 0.29) is 54.6 Å². The van der Waals surface area contributed by atoms with Gasteiger partial charge in [-0.25, -0.2) is 19.6 Å². The first-order chi connectivity index (χ1) is 26.0. The molecular formula is C38H52F6N2O9. The number of hydrogen-bond acceptors (Lipinski definition) is 11. The molecule has 9 aliphatic heterocycles. The van der Waals surface area contributed by atoms with Crippen LogP contribution >= 0.6 is 0 Å². The number of halogens is 6. The molecule has 0 N–H and O–H groups in total. The van der Waals surface area contributed by atoms with E-state index in [2.05, 4.69) is 18.7 Å². The molecule has 2 unspecified atom stereocenters. The summed E-state index contributed by atoms with van der Waals surface area (Å²) >= 11 is 0. The van der Waals surface area contributed by atoms with E-state index in [0.29, 0.717) is 71.2 Å². The van der Waals surface area contributed by atoms with Crippen LogP contribution in [0.2, 0.25) is 0 Å². The van der Waals surface area contributed by atoms with Gasteiger partial charge < -0.3 is 23.7 Å². The Morgan fingerprint density at radius 2 is 1.11 bits per heavy atom. The van der Waals surface area contributed by atoms with Crippen molar-refractivity contribution in [2.45, 2.75) is 127 Å². The number of alkyl halides is 6. The largest absolute Gasteiger partial charge is 0.456 e. The van der Waals surface area contributed by atoms with Crippen LogP contribution in [0.5, 0.6) is 0 Å². The second-order valence-electron chi connectivity index (χ2n) is 17.8. The highest BCUT2D eigenvalue weighted by Crippen LogP contribution is 2.63. The fraction of sp³-hybridized carbons (Fsp3) is 0.895. The summed E-state index contributed by atoms with van der Waals surface area (Å²) < 4.78 is 117. The lowest BCUT2D eigenvalue weighted by Crippen LogP contribution is -2.68. The van der Waals surface area contributed by atoms with Crippen LogP contribution < -0.4 is 0 Å². The average molecular weight is 795 g/mol. The van der Waals surface area contributed by atoms with Crippen molar-refractivity contribution in [1.82, 2.24) is 9.80 Å². The molecule has 2 saturated carbocycles. The Hall–Kier alpha value is -1.70. The lowest BCUT2D eigenvalue weighted by atomic mass is 9.59. The van der Waals surface area contributed by atoms with Crippen molar-refractivity contribution in [3.63, 3.8) is 0 Å². The molecule has 9 heterocycles. The minimum atomic E-state index is -4.76. The van der Waals surface area contributed by atoms with Gasteiger partial charge in [-0.3, -0.25) is 9.80 Å². The molecule has 0 aromatic heterocycles. The summed E-state index contributed by atoms with van der Waals surface area (Å²) in [5.41, 5.74) is -2.18. The fourth-order valence-corrected chi connectivity index (χ4v) is 11.6. The monoisotopic (exact) mass is 794 g/mol. The van der Waals surface area contributed by atoms with Gasteiger partial charge in [-0.15, -0.1) is 0 Å². The average Bonchev–Trinajstić information content (AvgIpc) is 3.50. The number of allylic oxidation sites excluding steroid dienone is 2. The van der Waals surface area contributed by atoms with Crippen molar-refractivity contribution in [1.29, 1.82) is 0 Å². The normalized spacial score (nSPS) is 46.1. The Morgan fingerprint density at radius 3 is 1.62 bits per heavy atom. The third kappa shape index (κ3) is 6.27. The van der Waals surface area contributed by atoms with Crippen molar-refractivity contribution in [3.8, 4) is 0 Å². The predicted molar refractivity (Wildman–Crippen MR) is 178 cm³/mol. The minimum absolute atomic E-state index is 0.0173. The minimum Gasteiger partial charge on any atom is -0.456 e. The highest BCUT2D eigenvalue weighted by atomic mass is 19.4. The second kappa shape index (κ2) is 13.4. The third-order valence-corrected chi connectivity index (χ3v) is 14.5. The van der Waals surface area contributed by atoms with Crippen LogP contribution in [0.4, 0.5) is 26.3 Å². The molecule has 7 saturated heterocycles. The van der Waals surface area contributed by atoms with Gasteiger partial charge in [0.25, 0.3) is 0 Å². The van der Waals surface area contributed by atoms with Crippen LogP contribution in [0.25, 0.3) is 0 Å². The van der Waals surface area contributed by atoms with Crippen molar-refractivity contribution in [2.75, 3.05) is 52.5 Å². The highest BCUT2D eigenvalue weighted by Gasteiger charge is 2.72. The SMILES string of the molecule is C[C@@H]1CC[C@H]2C(COCCN3CCN(CC4=C(C(F)(F)F)O[C@@H]5OC6(C)CC[C@H]7[C@H](C)CC[C@@H]4[C@@]57OO6)CC3)=C(C(F)(F)F)O[C@@H]3OC4(C)CC[C@@H]1[C@]32OO4. The molecule has 17 heteroatoms. The highest BCUT2D eigenvalue weighted by molar-refractivity contribution is 5.30. The van der Waals surface area contributed by atoms with Crippen LogP contribution in [0.1, 0.15) is 79.1 Å². The van der Waals surface area contributed by atoms with Gasteiger partial charge in [0.1, 0.15) is 0 Å². The Labute approximate surface area is 316 Å². The van der Waals surface area contributed by atoms with E-state index in [4.69, 9.17) is 43.2 Å². The first-order valence-corrected chi connectivity index (χ1v) is 20.0. The van der Waals surface area contributed by atoms with Gasteiger partial charge in [-0.1, -0.05) is 13.8 Å². The molecule has 9 fully saturated rings. The van der Waals surface area contributed by atoms with Crippen LogP contribution in [0, 0.1) is 35.5 Å². The molecule has 55 heavy (non-hydrogen) atoms. The molecular weight excluding hydrogens is 742 g/mol. The number of hydrogen-bond donors (Lipinski definition) is 0. The number of piperazine rings is 1. The molecule has 0 aromatic rings. The zero-order chi connectivity index (χ0) is 38.8. The summed E-state index contributed by atoms with van der Waals surface area (Å²) in [6.45, 7) is 9.98. The van der Waals surface area contributed by atoms with E-state index in [9.17, 15) is 26.3 Å². The summed E-state index contributed by atoms with van der Waals surface area (Å²) in [5.74, 6) is -5.52. The number of nitrogens with zero attached hydrogens (tertiary/aromatic N) is 2. The molecule has 12 atom stereocenters. The zero-order valence-corrected chi connectivity index (χ0v) is 31.8. The maximum Gasteiger partial charge on any atom is 0.449 e. The molecule has 2 spiro atoms. The quantitative estimate of drug-likeness (QED) is 0.156. The van der Waals surface area contributed by atoms with E-state index < -0.39 is 71.1 Å². The maximum absolute atomic E-state index is 14.7. The van der Waals surface area contributed by atoms with E-state index in [0.717, 1.165) is 12.8 Å². The summed E-state index contributed by atoms with van der Waals surface area (Å²) in [7, 11) is 0. The number of ether oxygens (including phenoxy) is 5. The van der Waals surface area contributed by atoms with Crippen LogP contribution in [-0.4, -0.2) is 110 Å². The smallest absolute Gasteiger partial charge is 0.449 e. The molecule has 11 rings (SSSR count). The van der Waals surface area contributed by atoms with Gasteiger partial charge in [0.15, 0.2) is 11.2 Å². The van der Waals surface area contributed by atoms with Crippen molar-refractivity contribution < 1.29 is 69.6 Å². The van der Waals surface area contributed by atoms with Crippen molar-refractivity contribution in [3.05, 3.63) is 22.7 Å². The van der Waals surface area contributed by atoms with Gasteiger partial charge in [0, 0.05) is 81.4 Å². The van der Waals surface area contributed by atoms with E-state index in [1.807, 2.05) is 4.90 Å². The molecule has 0 radical (unpaired) electrons. The van der Waals surface area contributed by atoms with Crippen LogP contribution in [0.15, 0.2) is 22.7 Å². The molecule has 0 aromatic carbocycles. The zero-order valence-electron chi connectivity index (χ0n) is 31.8. The Morgan fingerprint density at radius 1 is 0.636 bits per heavy atom. The van der Waals surface area contributed by atoms with Gasteiger partial charge >= 0.3 is 12.4 Å². The molecule has 2 aliphatic carbocycles. The summed E-state index contributed by atoms with van der Waals surface area (Å²) in [6.07, 6.45) is -7.17. The van der Waals surface area contributed by atoms with E-state index in [1.165, 1.54) is 0 Å². The lowest BCUT2D eigenvalue weighted by Gasteiger charge is -2.57. The first-order valence-electron chi connectivity index (χ1n) is 20.0. The van der Waals surface area contributed by atoms with Crippen molar-refractivity contribution in [2.24, 2.45) is 35.5 Å². The Bertz CT molecular complexity index is 1570. The molecule has 4 bridgehead atoms. The van der Waals surface area contributed by atoms with Crippen LogP contribution in [0.3, 0.4) is 0 Å². The van der Waals surface area contributed by atoms with Gasteiger partial charge in [0.2, 0.25) is 35.7 Å². The first kappa shape index (κ1) is 38.8. The summed E-state index contributed by atoms with van der Waals surface area (Å²) in [6, 6.07) is 0. The fourth-order valence-electron chi connectivity index (χ4n) is 11.6. The predicted octanol–water partition coefficient (Wildman–Crippen LogP) is 6.75. The maximum atomic E-state index is 14.7. The van der Waals surface area contributed by atoms with Gasteiger partial charge in [-0.05, 0) is 69.8 Å². The van der Waals surface area contributed by atoms with E-state index >= 15 is 0 Å². The van der Waals surface area contributed by atoms with E-state index in [1.54, 1.807) is 13.8 Å². The summed E-state index contributed by atoms with van der Waals surface area (Å²) in [4.78, 5) is 27.8. The third-order valence-electron chi connectivity index (χ3n) is 14.5.